The van der Waals surface area contributed by atoms with Crippen LogP contribution >= 0.6 is 0 Å². The first kappa shape index (κ1) is 14.2. The average molecular weight is 257 g/mol. The molecule has 2 N–H and O–H groups in total. The van der Waals surface area contributed by atoms with Crippen molar-refractivity contribution in [3.8, 4) is 0 Å². The molecule has 0 fully saturated rings. The van der Waals surface area contributed by atoms with Gasteiger partial charge < -0.3 is 5.11 Å². The summed E-state index contributed by atoms with van der Waals surface area (Å²) >= 11 is 0. The molecular formula is C12H19NO3S. The van der Waals surface area contributed by atoms with Gasteiger partial charge in [0, 0.05) is 12.6 Å². The van der Waals surface area contributed by atoms with Crippen LogP contribution in [-0.4, -0.2) is 26.2 Å². The van der Waals surface area contributed by atoms with Crippen LogP contribution in [-0.2, 0) is 10.0 Å². The Balaban J connectivity index is 2.75. The van der Waals surface area contributed by atoms with Crippen LogP contribution in [0.5, 0.6) is 0 Å². The van der Waals surface area contributed by atoms with E-state index in [1.165, 1.54) is 0 Å². The third-order valence-corrected chi connectivity index (χ3v) is 4.04. The standard InChI is InChI=1S/C12H19NO3S/c1-10-5-3-7-12(9-10)17(15,16)13-11(2)6-4-8-14/h3,5,7,9,11,13-14H,4,6,8H2,1-2H3. The Kier molecular flexibility index (Phi) is 5.11. The number of nitrogens with one attached hydrogen (secondary N) is 1. The Morgan fingerprint density at radius 2 is 2.12 bits per heavy atom. The van der Waals surface area contributed by atoms with E-state index in [1.807, 2.05) is 13.0 Å². The fraction of sp³-hybridized carbons (Fsp3) is 0.500. The molecule has 17 heavy (non-hydrogen) atoms. The lowest BCUT2D eigenvalue weighted by atomic mass is 10.2. The number of sulfonamides is 1. The topological polar surface area (TPSA) is 66.4 Å². The molecule has 0 bridgehead atoms. The van der Waals surface area contributed by atoms with E-state index in [-0.39, 0.29) is 17.5 Å². The second-order valence-corrected chi connectivity index (χ2v) is 5.92. The first-order chi connectivity index (χ1) is 7.95. The smallest absolute Gasteiger partial charge is 0.240 e. The lowest BCUT2D eigenvalue weighted by molar-refractivity contribution is 0.279. The number of rotatable bonds is 6. The number of hydrogen-bond acceptors (Lipinski definition) is 3. The molecule has 0 heterocycles. The van der Waals surface area contributed by atoms with Crippen LogP contribution in [0.3, 0.4) is 0 Å². The molecule has 1 unspecified atom stereocenters. The summed E-state index contributed by atoms with van der Waals surface area (Å²) in [6.45, 7) is 3.73. The summed E-state index contributed by atoms with van der Waals surface area (Å²) in [5.74, 6) is 0. The monoisotopic (exact) mass is 257 g/mol. The van der Waals surface area contributed by atoms with Crippen molar-refractivity contribution in [3.63, 3.8) is 0 Å². The molecule has 0 radical (unpaired) electrons. The first-order valence-corrected chi connectivity index (χ1v) is 7.14. The zero-order chi connectivity index (χ0) is 12.9. The summed E-state index contributed by atoms with van der Waals surface area (Å²) in [6.07, 6.45) is 1.22. The van der Waals surface area contributed by atoms with Crippen LogP contribution in [0, 0.1) is 6.92 Å². The molecule has 1 aromatic rings. The maximum absolute atomic E-state index is 12.0. The van der Waals surface area contributed by atoms with E-state index in [0.717, 1.165) is 5.56 Å². The summed E-state index contributed by atoms with van der Waals surface area (Å²) in [7, 11) is -3.44. The third kappa shape index (κ3) is 4.46. The predicted octanol–water partition coefficient (Wildman–Crippen LogP) is 1.43. The summed E-state index contributed by atoms with van der Waals surface area (Å²) < 4.78 is 26.6. The van der Waals surface area contributed by atoms with Crippen molar-refractivity contribution in [1.29, 1.82) is 0 Å². The van der Waals surface area contributed by atoms with Crippen molar-refractivity contribution < 1.29 is 13.5 Å². The van der Waals surface area contributed by atoms with E-state index in [4.69, 9.17) is 5.11 Å². The van der Waals surface area contributed by atoms with Gasteiger partial charge in [-0.25, -0.2) is 13.1 Å². The molecule has 0 aromatic heterocycles. The first-order valence-electron chi connectivity index (χ1n) is 5.65. The Morgan fingerprint density at radius 3 is 2.71 bits per heavy atom. The van der Waals surface area contributed by atoms with Gasteiger partial charge in [0.05, 0.1) is 4.90 Å². The highest BCUT2D eigenvalue weighted by Crippen LogP contribution is 2.12. The van der Waals surface area contributed by atoms with Crippen LogP contribution < -0.4 is 4.72 Å². The highest BCUT2D eigenvalue weighted by atomic mass is 32.2. The molecule has 0 amide bonds. The molecule has 5 heteroatoms. The van der Waals surface area contributed by atoms with Gasteiger partial charge in [0.25, 0.3) is 0 Å². The second kappa shape index (κ2) is 6.14. The lowest BCUT2D eigenvalue weighted by Gasteiger charge is -2.13. The minimum absolute atomic E-state index is 0.0799. The van der Waals surface area contributed by atoms with Gasteiger partial charge in [-0.3, -0.25) is 0 Å². The number of aryl methyl sites for hydroxylation is 1. The highest BCUT2D eigenvalue weighted by molar-refractivity contribution is 7.89. The van der Waals surface area contributed by atoms with Crippen LogP contribution in [0.15, 0.2) is 29.2 Å². The molecule has 0 aliphatic heterocycles. The summed E-state index contributed by atoms with van der Waals surface area (Å²) in [4.78, 5) is 0.286. The SMILES string of the molecule is Cc1cccc(S(=O)(=O)NC(C)CCCO)c1. The Morgan fingerprint density at radius 1 is 1.41 bits per heavy atom. The molecule has 1 rings (SSSR count). The van der Waals surface area contributed by atoms with Crippen LogP contribution in [0.2, 0.25) is 0 Å². The number of aliphatic hydroxyl groups excluding tert-OH is 1. The van der Waals surface area contributed by atoms with Crippen molar-refractivity contribution in [3.05, 3.63) is 29.8 Å². The normalized spacial score (nSPS) is 13.6. The largest absolute Gasteiger partial charge is 0.396 e. The molecule has 0 spiro atoms. The van der Waals surface area contributed by atoms with Gasteiger partial charge in [-0.1, -0.05) is 12.1 Å². The Bertz CT molecular complexity index is 457. The predicted molar refractivity (Wildman–Crippen MR) is 67.3 cm³/mol. The molecule has 0 aliphatic rings. The van der Waals surface area contributed by atoms with Crippen molar-refractivity contribution in [2.45, 2.75) is 37.6 Å². The Labute approximate surface area is 103 Å². The van der Waals surface area contributed by atoms with Gasteiger partial charge in [-0.15, -0.1) is 0 Å². The molecule has 4 nitrogen and oxygen atoms in total. The van der Waals surface area contributed by atoms with E-state index in [0.29, 0.717) is 12.8 Å². The van der Waals surface area contributed by atoms with Gasteiger partial charge in [0.2, 0.25) is 10.0 Å². The molecule has 0 saturated carbocycles. The van der Waals surface area contributed by atoms with Gasteiger partial charge in [0.1, 0.15) is 0 Å². The van der Waals surface area contributed by atoms with Gasteiger partial charge in [-0.05, 0) is 44.4 Å². The van der Waals surface area contributed by atoms with E-state index in [1.54, 1.807) is 25.1 Å². The summed E-state index contributed by atoms with van der Waals surface area (Å²) in [5, 5.41) is 8.69. The maximum atomic E-state index is 12.0. The maximum Gasteiger partial charge on any atom is 0.240 e. The van der Waals surface area contributed by atoms with Crippen LogP contribution in [0.4, 0.5) is 0 Å². The zero-order valence-electron chi connectivity index (χ0n) is 10.2. The Hall–Kier alpha value is -0.910. The van der Waals surface area contributed by atoms with Gasteiger partial charge >= 0.3 is 0 Å². The van der Waals surface area contributed by atoms with Gasteiger partial charge in [0.15, 0.2) is 0 Å². The highest BCUT2D eigenvalue weighted by Gasteiger charge is 2.16. The molecule has 0 aliphatic carbocycles. The van der Waals surface area contributed by atoms with E-state index < -0.39 is 10.0 Å². The van der Waals surface area contributed by atoms with Crippen LogP contribution in [0.1, 0.15) is 25.3 Å². The van der Waals surface area contributed by atoms with Crippen LogP contribution in [0.25, 0.3) is 0 Å². The average Bonchev–Trinajstić information content (AvgIpc) is 2.26. The van der Waals surface area contributed by atoms with E-state index in [9.17, 15) is 8.42 Å². The lowest BCUT2D eigenvalue weighted by Crippen LogP contribution is -2.32. The summed E-state index contributed by atoms with van der Waals surface area (Å²) in [5.41, 5.74) is 0.913. The van der Waals surface area contributed by atoms with Gasteiger partial charge in [-0.2, -0.15) is 0 Å². The van der Waals surface area contributed by atoms with E-state index >= 15 is 0 Å². The van der Waals surface area contributed by atoms with Crippen molar-refractivity contribution in [1.82, 2.24) is 4.72 Å². The number of aliphatic hydroxyl groups is 1. The fourth-order valence-electron chi connectivity index (χ4n) is 1.57. The third-order valence-electron chi connectivity index (χ3n) is 2.45. The van der Waals surface area contributed by atoms with Crippen molar-refractivity contribution in [2.24, 2.45) is 0 Å². The van der Waals surface area contributed by atoms with E-state index in [2.05, 4.69) is 4.72 Å². The quantitative estimate of drug-likeness (QED) is 0.810. The number of hydrogen-bond donors (Lipinski definition) is 2. The molecule has 0 saturated heterocycles. The molecule has 1 aromatic carbocycles. The fourth-order valence-corrected chi connectivity index (χ4v) is 2.95. The molecule has 96 valence electrons. The number of benzene rings is 1. The van der Waals surface area contributed by atoms with Crippen molar-refractivity contribution in [2.75, 3.05) is 6.61 Å². The summed E-state index contributed by atoms with van der Waals surface area (Å²) in [6, 6.07) is 6.62. The molecule has 1 atom stereocenters. The second-order valence-electron chi connectivity index (χ2n) is 4.20. The zero-order valence-corrected chi connectivity index (χ0v) is 11.0. The van der Waals surface area contributed by atoms with Crippen molar-refractivity contribution >= 4 is 10.0 Å². The minimum atomic E-state index is -3.44. The minimum Gasteiger partial charge on any atom is -0.396 e. The molecular weight excluding hydrogens is 238 g/mol.